The van der Waals surface area contributed by atoms with E-state index in [9.17, 15) is 13.2 Å². The third kappa shape index (κ3) is 5.38. The summed E-state index contributed by atoms with van der Waals surface area (Å²) in [4.78, 5) is 11.7. The van der Waals surface area contributed by atoms with Crippen LogP contribution in [0.5, 0.6) is 0 Å². The van der Waals surface area contributed by atoms with Crippen LogP contribution in [0.1, 0.15) is 31.1 Å². The van der Waals surface area contributed by atoms with E-state index >= 15 is 0 Å². The molecule has 0 saturated carbocycles. The third-order valence-corrected chi connectivity index (χ3v) is 3.75. The summed E-state index contributed by atoms with van der Waals surface area (Å²) in [5.74, 6) is -0.390. The highest BCUT2D eigenvalue weighted by molar-refractivity contribution is 8.13. The van der Waals surface area contributed by atoms with E-state index in [0.717, 1.165) is 0 Å². The first-order valence-electron chi connectivity index (χ1n) is 5.52. The van der Waals surface area contributed by atoms with Crippen LogP contribution in [0.15, 0.2) is 23.1 Å². The summed E-state index contributed by atoms with van der Waals surface area (Å²) in [5, 5.41) is 2.85. The molecule has 7 heteroatoms. The smallest absolute Gasteiger partial charge is 0.261 e. The average Bonchev–Trinajstić information content (AvgIpc) is 2.22. The van der Waals surface area contributed by atoms with E-state index in [0.29, 0.717) is 6.54 Å². The molecule has 1 aromatic carbocycles. The normalized spacial score (nSPS) is 12.3. The summed E-state index contributed by atoms with van der Waals surface area (Å²) in [6, 6.07) is 3.79. The average molecular weight is 324 g/mol. The quantitative estimate of drug-likeness (QED) is 0.869. The van der Waals surface area contributed by atoms with Gasteiger partial charge in [0, 0.05) is 27.8 Å². The molecule has 0 spiro atoms. The van der Waals surface area contributed by atoms with Crippen molar-refractivity contribution in [3.8, 4) is 0 Å². The van der Waals surface area contributed by atoms with Gasteiger partial charge in [-0.3, -0.25) is 4.79 Å². The second-order valence-electron chi connectivity index (χ2n) is 5.36. The topological polar surface area (TPSA) is 63.2 Å². The zero-order chi connectivity index (χ0) is 14.8. The number of carbonyl (C=O) groups excluding carboxylic acids is 1. The van der Waals surface area contributed by atoms with Crippen molar-refractivity contribution >= 4 is 37.2 Å². The van der Waals surface area contributed by atoms with Crippen LogP contribution in [0.4, 0.5) is 0 Å². The maximum Gasteiger partial charge on any atom is 0.261 e. The first kappa shape index (κ1) is 16.3. The third-order valence-electron chi connectivity index (χ3n) is 2.19. The van der Waals surface area contributed by atoms with E-state index in [2.05, 4.69) is 5.32 Å². The molecule has 0 atom stereocenters. The summed E-state index contributed by atoms with van der Waals surface area (Å²) in [6.07, 6.45) is 0. The molecule has 1 N–H and O–H groups in total. The Bertz CT molecular complexity index is 591. The van der Waals surface area contributed by atoms with E-state index in [1.807, 2.05) is 20.8 Å². The first-order chi connectivity index (χ1) is 8.49. The van der Waals surface area contributed by atoms with Crippen molar-refractivity contribution in [1.29, 1.82) is 0 Å². The first-order valence-corrected chi connectivity index (χ1v) is 8.21. The van der Waals surface area contributed by atoms with Crippen LogP contribution in [-0.2, 0) is 9.05 Å². The molecule has 0 saturated heterocycles. The molecule has 0 bridgehead atoms. The van der Waals surface area contributed by atoms with Crippen molar-refractivity contribution in [2.24, 2.45) is 5.41 Å². The number of hydrogen-bond donors (Lipinski definition) is 1. The van der Waals surface area contributed by atoms with Crippen LogP contribution < -0.4 is 5.32 Å². The monoisotopic (exact) mass is 323 g/mol. The van der Waals surface area contributed by atoms with Crippen molar-refractivity contribution < 1.29 is 13.2 Å². The van der Waals surface area contributed by atoms with Gasteiger partial charge >= 0.3 is 0 Å². The zero-order valence-corrected chi connectivity index (χ0v) is 13.2. The lowest BCUT2D eigenvalue weighted by atomic mass is 9.97. The van der Waals surface area contributed by atoms with Gasteiger partial charge in [-0.1, -0.05) is 32.4 Å². The van der Waals surface area contributed by atoms with E-state index in [-0.39, 0.29) is 26.8 Å². The number of carbonyl (C=O) groups is 1. The fourth-order valence-electron chi connectivity index (χ4n) is 1.28. The van der Waals surface area contributed by atoms with Gasteiger partial charge in [0.05, 0.1) is 4.90 Å². The van der Waals surface area contributed by atoms with Crippen molar-refractivity contribution in [1.82, 2.24) is 5.32 Å². The molecule has 0 unspecified atom stereocenters. The van der Waals surface area contributed by atoms with E-state index in [4.69, 9.17) is 22.3 Å². The Labute approximate surface area is 122 Å². The van der Waals surface area contributed by atoms with Gasteiger partial charge in [-0.15, -0.1) is 0 Å². The molecule has 19 heavy (non-hydrogen) atoms. The molecule has 0 radical (unpaired) electrons. The summed E-state index contributed by atoms with van der Waals surface area (Å²) < 4.78 is 22.5. The van der Waals surface area contributed by atoms with Crippen LogP contribution in [0.2, 0.25) is 5.02 Å². The fraction of sp³-hybridized carbons (Fsp3) is 0.417. The number of hydrogen-bond acceptors (Lipinski definition) is 3. The van der Waals surface area contributed by atoms with Gasteiger partial charge in [-0.2, -0.15) is 0 Å². The van der Waals surface area contributed by atoms with Crippen molar-refractivity contribution in [3.05, 3.63) is 28.8 Å². The lowest BCUT2D eigenvalue weighted by Crippen LogP contribution is -2.32. The summed E-state index contributed by atoms with van der Waals surface area (Å²) in [5.41, 5.74) is 0.0892. The Balaban J connectivity index is 3.02. The molecule has 4 nitrogen and oxygen atoms in total. The minimum absolute atomic E-state index is 0.0738. The second kappa shape index (κ2) is 5.69. The Kier molecular flexibility index (Phi) is 4.87. The molecule has 1 amide bonds. The molecular formula is C12H15Cl2NO3S. The zero-order valence-electron chi connectivity index (χ0n) is 10.8. The van der Waals surface area contributed by atoms with E-state index in [1.165, 1.54) is 18.2 Å². The Hall–Kier alpha value is -0.780. The van der Waals surface area contributed by atoms with E-state index < -0.39 is 9.05 Å². The molecular weight excluding hydrogens is 309 g/mol. The van der Waals surface area contributed by atoms with Crippen LogP contribution in [0, 0.1) is 5.41 Å². The molecule has 0 heterocycles. The standard InChI is InChI=1S/C12H15Cl2NO3S/c1-12(2,3)7-15-11(16)8-4-9(13)6-10(5-8)19(14,17)18/h4-6H,7H2,1-3H3,(H,15,16). The second-order valence-corrected chi connectivity index (χ2v) is 8.36. The maximum atomic E-state index is 11.9. The predicted molar refractivity (Wildman–Crippen MR) is 76.3 cm³/mol. The molecule has 0 fully saturated rings. The molecule has 106 valence electrons. The van der Waals surface area contributed by atoms with Crippen LogP contribution in [0.25, 0.3) is 0 Å². The SMILES string of the molecule is CC(C)(C)CNC(=O)c1cc(Cl)cc(S(=O)(=O)Cl)c1. The number of nitrogens with one attached hydrogen (secondary N) is 1. The highest BCUT2D eigenvalue weighted by atomic mass is 35.7. The number of amides is 1. The number of benzene rings is 1. The molecule has 1 aromatic rings. The Morgan fingerprint density at radius 2 is 1.84 bits per heavy atom. The summed E-state index contributed by atoms with van der Waals surface area (Å²) in [7, 11) is 1.32. The van der Waals surface area contributed by atoms with Crippen molar-refractivity contribution in [3.63, 3.8) is 0 Å². The van der Waals surface area contributed by atoms with Gasteiger partial charge in [-0.05, 0) is 23.6 Å². The molecule has 0 aliphatic heterocycles. The van der Waals surface area contributed by atoms with Crippen molar-refractivity contribution in [2.45, 2.75) is 25.7 Å². The number of rotatable bonds is 3. The van der Waals surface area contributed by atoms with Crippen LogP contribution >= 0.6 is 22.3 Å². The fourth-order valence-corrected chi connectivity index (χ4v) is 2.38. The summed E-state index contributed by atoms with van der Waals surface area (Å²) >= 11 is 5.79. The summed E-state index contributed by atoms with van der Waals surface area (Å²) in [6.45, 7) is 6.38. The molecule has 1 rings (SSSR count). The lowest BCUT2D eigenvalue weighted by Gasteiger charge is -2.18. The van der Waals surface area contributed by atoms with Gasteiger partial charge < -0.3 is 5.32 Å². The lowest BCUT2D eigenvalue weighted by molar-refractivity contribution is 0.0939. The van der Waals surface area contributed by atoms with Gasteiger partial charge in [0.15, 0.2) is 0 Å². The molecule has 0 aliphatic rings. The van der Waals surface area contributed by atoms with Crippen LogP contribution in [-0.4, -0.2) is 20.9 Å². The van der Waals surface area contributed by atoms with Crippen LogP contribution in [0.3, 0.4) is 0 Å². The molecule has 0 aromatic heterocycles. The van der Waals surface area contributed by atoms with Gasteiger partial charge in [0.25, 0.3) is 15.0 Å². The Morgan fingerprint density at radius 3 is 2.32 bits per heavy atom. The van der Waals surface area contributed by atoms with Gasteiger partial charge in [0.2, 0.25) is 0 Å². The van der Waals surface area contributed by atoms with E-state index in [1.54, 1.807) is 0 Å². The van der Waals surface area contributed by atoms with Gasteiger partial charge in [-0.25, -0.2) is 8.42 Å². The maximum absolute atomic E-state index is 11.9. The largest absolute Gasteiger partial charge is 0.352 e. The van der Waals surface area contributed by atoms with Gasteiger partial charge in [0.1, 0.15) is 0 Å². The Morgan fingerprint density at radius 1 is 1.26 bits per heavy atom. The minimum atomic E-state index is -3.92. The molecule has 0 aliphatic carbocycles. The van der Waals surface area contributed by atoms with Crippen molar-refractivity contribution in [2.75, 3.05) is 6.54 Å². The highest BCUT2D eigenvalue weighted by Gasteiger charge is 2.17. The minimum Gasteiger partial charge on any atom is -0.352 e. The predicted octanol–water partition coefficient (Wildman–Crippen LogP) is 3.04. The highest BCUT2D eigenvalue weighted by Crippen LogP contribution is 2.22. The number of halogens is 2.